The van der Waals surface area contributed by atoms with Crippen LogP contribution < -0.4 is 10.1 Å². The summed E-state index contributed by atoms with van der Waals surface area (Å²) in [4.78, 5) is 14.8. The zero-order valence-corrected chi connectivity index (χ0v) is 15.4. The van der Waals surface area contributed by atoms with Crippen molar-refractivity contribution in [1.29, 1.82) is 0 Å². The summed E-state index contributed by atoms with van der Waals surface area (Å²) in [6, 6.07) is 8.20. The Balaban J connectivity index is 0.000000273. The highest BCUT2D eigenvalue weighted by atomic mass is 35.5. The van der Waals surface area contributed by atoms with Crippen LogP contribution in [0.4, 0.5) is 24.7 Å². The van der Waals surface area contributed by atoms with Crippen molar-refractivity contribution in [3.63, 3.8) is 0 Å². The Morgan fingerprint density at radius 2 is 1.30 bits per heavy atom. The highest BCUT2D eigenvalue weighted by Gasteiger charge is 2.30. The average molecular weight is 439 g/mol. The average Bonchev–Trinajstić information content (AvgIpc) is 2.56. The lowest BCUT2D eigenvalue weighted by Crippen LogP contribution is -2.16. The third-order valence-electron chi connectivity index (χ3n) is 2.59. The van der Waals surface area contributed by atoms with Gasteiger partial charge in [0, 0.05) is 17.8 Å². The Bertz CT molecular complexity index is 864. The zero-order valence-electron chi connectivity index (χ0n) is 13.1. The zero-order chi connectivity index (χ0) is 19.9. The second-order valence-electron chi connectivity index (χ2n) is 4.59. The van der Waals surface area contributed by atoms with Gasteiger partial charge in [0.2, 0.25) is 0 Å². The van der Waals surface area contributed by atoms with Gasteiger partial charge in [-0.1, -0.05) is 34.8 Å². The number of ether oxygens (including phenoxy) is 1. The summed E-state index contributed by atoms with van der Waals surface area (Å²) in [6.45, 7) is 0. The van der Waals surface area contributed by atoms with E-state index in [1.54, 1.807) is 0 Å². The molecule has 0 aliphatic heterocycles. The fourth-order valence-electron chi connectivity index (χ4n) is 1.60. The number of rotatable bonds is 3. The van der Waals surface area contributed by atoms with Crippen LogP contribution in [-0.4, -0.2) is 26.3 Å². The normalized spacial score (nSPS) is 10.6. The molecule has 27 heavy (non-hydrogen) atoms. The third-order valence-corrected chi connectivity index (χ3v) is 3.21. The van der Waals surface area contributed by atoms with Crippen molar-refractivity contribution in [2.45, 2.75) is 6.36 Å². The van der Waals surface area contributed by atoms with Crippen molar-refractivity contribution in [2.75, 3.05) is 5.32 Å². The van der Waals surface area contributed by atoms with E-state index in [-0.39, 0.29) is 10.9 Å². The van der Waals surface area contributed by atoms with Crippen LogP contribution in [0.25, 0.3) is 0 Å². The fraction of sp³-hybridized carbons (Fsp3) is 0.0667. The molecule has 0 atom stereocenters. The molecule has 0 radical (unpaired) electrons. The molecule has 1 aromatic carbocycles. The predicted molar refractivity (Wildman–Crippen MR) is 95.5 cm³/mol. The van der Waals surface area contributed by atoms with Gasteiger partial charge in [0.15, 0.2) is 0 Å². The molecule has 0 amide bonds. The summed E-state index contributed by atoms with van der Waals surface area (Å²) in [5, 5.41) is 3.85. The van der Waals surface area contributed by atoms with E-state index in [1.165, 1.54) is 49.1 Å². The van der Waals surface area contributed by atoms with Crippen molar-refractivity contribution >= 4 is 46.3 Å². The number of nitrogens with one attached hydrogen (secondary N) is 1. The van der Waals surface area contributed by atoms with Gasteiger partial charge in [-0.15, -0.1) is 13.2 Å². The van der Waals surface area contributed by atoms with Gasteiger partial charge in [-0.2, -0.15) is 0 Å². The number of benzene rings is 1. The van der Waals surface area contributed by atoms with E-state index in [9.17, 15) is 13.2 Å². The van der Waals surface area contributed by atoms with Crippen LogP contribution in [0, 0.1) is 0 Å². The summed E-state index contributed by atoms with van der Waals surface area (Å²) >= 11 is 16.5. The van der Waals surface area contributed by atoms with Gasteiger partial charge in [0.25, 0.3) is 0 Å². The first-order chi connectivity index (χ1) is 12.7. The Morgan fingerprint density at radius 3 is 1.74 bits per heavy atom. The van der Waals surface area contributed by atoms with E-state index in [0.717, 1.165) is 0 Å². The lowest BCUT2D eigenvalue weighted by molar-refractivity contribution is -0.274. The van der Waals surface area contributed by atoms with Crippen molar-refractivity contribution in [1.82, 2.24) is 19.9 Å². The molecular weight excluding hydrogens is 430 g/mol. The highest BCUT2D eigenvalue weighted by Crippen LogP contribution is 2.25. The van der Waals surface area contributed by atoms with Gasteiger partial charge in [0.1, 0.15) is 39.7 Å². The number of aromatic nitrogens is 4. The third kappa shape index (κ3) is 8.25. The minimum atomic E-state index is -4.70. The summed E-state index contributed by atoms with van der Waals surface area (Å²) in [5.41, 5.74) is 0.546. The van der Waals surface area contributed by atoms with Crippen molar-refractivity contribution in [3.05, 3.63) is 64.5 Å². The number of anilines is 2. The van der Waals surface area contributed by atoms with Crippen LogP contribution in [0.2, 0.25) is 15.5 Å². The molecule has 12 heteroatoms. The van der Waals surface area contributed by atoms with Gasteiger partial charge >= 0.3 is 6.36 Å². The summed E-state index contributed by atoms with van der Waals surface area (Å²) in [6.07, 6.45) is -2.12. The minimum absolute atomic E-state index is 0.259. The maximum atomic E-state index is 12.0. The number of hydrogen-bond donors (Lipinski definition) is 1. The van der Waals surface area contributed by atoms with Crippen LogP contribution in [0.15, 0.2) is 49.1 Å². The SMILES string of the molecule is Clc1cc(Cl)ncn1.FC(F)(F)Oc1ccc(Nc2cc(Cl)ncn2)cc1. The minimum Gasteiger partial charge on any atom is -0.406 e. The van der Waals surface area contributed by atoms with Gasteiger partial charge in [-0.3, -0.25) is 0 Å². The largest absolute Gasteiger partial charge is 0.573 e. The van der Waals surface area contributed by atoms with Crippen LogP contribution in [-0.2, 0) is 0 Å². The predicted octanol–water partition coefficient (Wildman–Crippen LogP) is 5.56. The fourth-order valence-corrected chi connectivity index (χ4v) is 2.10. The van der Waals surface area contributed by atoms with Crippen LogP contribution in [0.1, 0.15) is 0 Å². The van der Waals surface area contributed by atoms with E-state index >= 15 is 0 Å². The smallest absolute Gasteiger partial charge is 0.406 e. The first-order valence-corrected chi connectivity index (χ1v) is 8.08. The van der Waals surface area contributed by atoms with E-state index in [4.69, 9.17) is 34.8 Å². The van der Waals surface area contributed by atoms with Crippen LogP contribution >= 0.6 is 34.8 Å². The van der Waals surface area contributed by atoms with E-state index < -0.39 is 6.36 Å². The Hall–Kier alpha value is -2.36. The second kappa shape index (κ2) is 9.54. The topological polar surface area (TPSA) is 72.8 Å². The van der Waals surface area contributed by atoms with Gasteiger partial charge < -0.3 is 10.1 Å². The summed E-state index contributed by atoms with van der Waals surface area (Å²) in [7, 11) is 0. The van der Waals surface area contributed by atoms with Gasteiger partial charge in [-0.25, -0.2) is 19.9 Å². The molecule has 1 N–H and O–H groups in total. The molecule has 0 fully saturated rings. The lowest BCUT2D eigenvalue weighted by atomic mass is 10.3. The van der Waals surface area contributed by atoms with E-state index in [0.29, 0.717) is 21.8 Å². The van der Waals surface area contributed by atoms with Crippen LogP contribution in [0.3, 0.4) is 0 Å². The quantitative estimate of drug-likeness (QED) is 0.540. The summed E-state index contributed by atoms with van der Waals surface area (Å²) < 4.78 is 39.6. The standard InChI is InChI=1S/C11H7ClF3N3O.C4H2Cl2N2/c12-9-5-10(17-6-16-9)18-7-1-3-8(4-2-7)19-11(13,14)15;5-3-1-4(6)8-2-7-3/h1-6H,(H,16,17,18);1-2H. The Kier molecular flexibility index (Phi) is 7.40. The number of halogens is 6. The monoisotopic (exact) mass is 437 g/mol. The molecule has 0 aliphatic rings. The molecule has 142 valence electrons. The Labute approximate surface area is 166 Å². The first kappa shape index (κ1) is 20.9. The number of nitrogens with zero attached hydrogens (tertiary/aromatic N) is 4. The molecule has 0 aliphatic carbocycles. The van der Waals surface area contributed by atoms with Crippen molar-refractivity contribution in [2.24, 2.45) is 0 Å². The van der Waals surface area contributed by atoms with Crippen molar-refractivity contribution < 1.29 is 17.9 Å². The molecule has 6 nitrogen and oxygen atoms in total. The number of hydrogen-bond acceptors (Lipinski definition) is 6. The van der Waals surface area contributed by atoms with E-state index in [2.05, 4.69) is 30.0 Å². The summed E-state index contributed by atoms with van der Waals surface area (Å²) in [5.74, 6) is 0.142. The number of alkyl halides is 3. The molecular formula is C15H9Cl3F3N5O. The van der Waals surface area contributed by atoms with Gasteiger partial charge in [-0.05, 0) is 24.3 Å². The second-order valence-corrected chi connectivity index (χ2v) is 5.75. The Morgan fingerprint density at radius 1 is 0.778 bits per heavy atom. The van der Waals surface area contributed by atoms with Gasteiger partial charge in [0.05, 0.1) is 0 Å². The maximum Gasteiger partial charge on any atom is 0.573 e. The van der Waals surface area contributed by atoms with Crippen LogP contribution in [0.5, 0.6) is 5.75 Å². The molecule has 0 saturated heterocycles. The highest BCUT2D eigenvalue weighted by molar-refractivity contribution is 6.33. The molecule has 2 heterocycles. The molecule has 0 spiro atoms. The molecule has 0 saturated carbocycles. The lowest BCUT2D eigenvalue weighted by Gasteiger charge is -2.10. The van der Waals surface area contributed by atoms with E-state index in [1.807, 2.05) is 0 Å². The molecule has 0 unspecified atom stereocenters. The maximum absolute atomic E-state index is 12.0. The molecule has 2 aromatic heterocycles. The molecule has 3 aromatic rings. The molecule has 3 rings (SSSR count). The van der Waals surface area contributed by atoms with Crippen molar-refractivity contribution in [3.8, 4) is 5.75 Å². The molecule has 0 bridgehead atoms. The first-order valence-electron chi connectivity index (χ1n) is 6.95.